The minimum atomic E-state index is 0.0539. The monoisotopic (exact) mass is 310 g/mol. The number of aromatic nitrogens is 2. The van der Waals surface area contributed by atoms with Crippen LogP contribution in [0.1, 0.15) is 16.3 Å². The fraction of sp³-hybridized carbons (Fsp3) is 0.571. The van der Waals surface area contributed by atoms with Gasteiger partial charge in [-0.25, -0.2) is 9.97 Å². The summed E-state index contributed by atoms with van der Waals surface area (Å²) in [5.74, 6) is 1.54. The molecule has 2 heterocycles. The Morgan fingerprint density at radius 2 is 1.81 bits per heavy atom. The number of hydrogen-bond acceptors (Lipinski definition) is 7. The van der Waals surface area contributed by atoms with E-state index in [-0.39, 0.29) is 13.2 Å². The molecule has 0 aliphatic carbocycles. The van der Waals surface area contributed by atoms with Crippen LogP contribution in [0.2, 0.25) is 0 Å². The maximum absolute atomic E-state index is 9.08. The number of aliphatic hydroxyl groups excluding tert-OH is 2. The zero-order valence-corrected chi connectivity index (χ0v) is 13.5. The van der Waals surface area contributed by atoms with E-state index in [1.165, 1.54) is 10.4 Å². The first-order valence-electron chi connectivity index (χ1n) is 6.99. The van der Waals surface area contributed by atoms with Crippen LogP contribution in [0.25, 0.3) is 10.2 Å². The molecule has 0 atom stereocenters. The fourth-order valence-electron chi connectivity index (χ4n) is 2.30. The first kappa shape index (κ1) is 16.1. The Hall–Kier alpha value is -1.28. The smallest absolute Gasteiger partial charge is 0.146 e. The van der Waals surface area contributed by atoms with Crippen LogP contribution in [0.5, 0.6) is 0 Å². The molecule has 0 unspecified atom stereocenters. The van der Waals surface area contributed by atoms with E-state index in [4.69, 9.17) is 10.2 Å². The molecule has 0 aliphatic heterocycles. The van der Waals surface area contributed by atoms with E-state index in [2.05, 4.69) is 29.1 Å². The largest absolute Gasteiger partial charge is 0.395 e. The highest BCUT2D eigenvalue weighted by Crippen LogP contribution is 2.33. The molecule has 7 heteroatoms. The van der Waals surface area contributed by atoms with E-state index in [9.17, 15) is 0 Å². The zero-order chi connectivity index (χ0) is 15.4. The molecule has 2 aromatic heterocycles. The maximum Gasteiger partial charge on any atom is 0.146 e. The van der Waals surface area contributed by atoms with Crippen molar-refractivity contribution in [2.24, 2.45) is 0 Å². The van der Waals surface area contributed by atoms with Crippen LogP contribution in [0.15, 0.2) is 0 Å². The average Bonchev–Trinajstić information content (AvgIpc) is 2.74. The lowest BCUT2D eigenvalue weighted by atomic mass is 10.2. The number of thiophene rings is 1. The lowest BCUT2D eigenvalue weighted by Gasteiger charge is -2.19. The molecule has 116 valence electrons. The summed E-state index contributed by atoms with van der Waals surface area (Å²) in [6.07, 6.45) is 0. The second-order valence-corrected chi connectivity index (χ2v) is 6.13. The Balaban J connectivity index is 2.36. The number of anilines is 1. The van der Waals surface area contributed by atoms with Crippen LogP contribution in [0, 0.1) is 13.8 Å². The lowest BCUT2D eigenvalue weighted by Crippen LogP contribution is -2.30. The van der Waals surface area contributed by atoms with Gasteiger partial charge in [-0.3, -0.25) is 4.90 Å². The third-order valence-electron chi connectivity index (χ3n) is 3.51. The van der Waals surface area contributed by atoms with Gasteiger partial charge in [0.15, 0.2) is 0 Å². The summed E-state index contributed by atoms with van der Waals surface area (Å²) in [7, 11) is 1.86. The Bertz CT molecular complexity index is 609. The van der Waals surface area contributed by atoms with E-state index in [1.807, 2.05) is 11.9 Å². The second-order valence-electron chi connectivity index (χ2n) is 4.93. The van der Waals surface area contributed by atoms with Gasteiger partial charge in [-0.1, -0.05) is 0 Å². The van der Waals surface area contributed by atoms with Crippen molar-refractivity contribution in [2.75, 3.05) is 38.7 Å². The summed E-state index contributed by atoms with van der Waals surface area (Å²) < 4.78 is 0. The van der Waals surface area contributed by atoms with Crippen LogP contribution in [-0.4, -0.2) is 58.4 Å². The van der Waals surface area contributed by atoms with Gasteiger partial charge in [-0.05, 0) is 19.4 Å². The standard InChI is InChI=1S/C14H22N4O2S/c1-9-10(2)21-14-12(9)13(15-3)16-11(17-14)8-18(4-6-19)5-7-20/h19-20H,4-8H2,1-3H3,(H,15,16,17). The highest BCUT2D eigenvalue weighted by atomic mass is 32.1. The quantitative estimate of drug-likeness (QED) is 0.711. The Labute approximate surface area is 128 Å². The molecular formula is C14H22N4O2S. The van der Waals surface area contributed by atoms with Gasteiger partial charge in [0.05, 0.1) is 25.1 Å². The molecule has 3 N–H and O–H groups in total. The predicted molar refractivity (Wildman–Crippen MR) is 85.9 cm³/mol. The highest BCUT2D eigenvalue weighted by Gasteiger charge is 2.15. The Morgan fingerprint density at radius 3 is 2.38 bits per heavy atom. The Morgan fingerprint density at radius 1 is 1.14 bits per heavy atom. The van der Waals surface area contributed by atoms with Crippen LogP contribution in [0.4, 0.5) is 5.82 Å². The van der Waals surface area contributed by atoms with Crippen molar-refractivity contribution in [3.05, 3.63) is 16.3 Å². The van der Waals surface area contributed by atoms with Crippen molar-refractivity contribution in [3.8, 4) is 0 Å². The van der Waals surface area contributed by atoms with Crippen LogP contribution >= 0.6 is 11.3 Å². The fourth-order valence-corrected chi connectivity index (χ4v) is 3.35. The molecule has 0 saturated carbocycles. The molecule has 2 rings (SSSR count). The van der Waals surface area contributed by atoms with Gasteiger partial charge in [-0.2, -0.15) is 0 Å². The molecule has 0 aromatic carbocycles. The highest BCUT2D eigenvalue weighted by molar-refractivity contribution is 7.18. The minimum absolute atomic E-state index is 0.0539. The van der Waals surface area contributed by atoms with Crippen molar-refractivity contribution in [2.45, 2.75) is 20.4 Å². The molecule has 21 heavy (non-hydrogen) atoms. The van der Waals surface area contributed by atoms with Crippen molar-refractivity contribution in [3.63, 3.8) is 0 Å². The average molecular weight is 310 g/mol. The van der Waals surface area contributed by atoms with Gasteiger partial charge in [-0.15, -0.1) is 11.3 Å². The normalized spacial score (nSPS) is 11.5. The van der Waals surface area contributed by atoms with Crippen LogP contribution in [0.3, 0.4) is 0 Å². The minimum Gasteiger partial charge on any atom is -0.395 e. The van der Waals surface area contributed by atoms with E-state index in [1.54, 1.807) is 11.3 Å². The van der Waals surface area contributed by atoms with E-state index < -0.39 is 0 Å². The summed E-state index contributed by atoms with van der Waals surface area (Å²) >= 11 is 1.67. The SMILES string of the molecule is CNc1nc(CN(CCO)CCO)nc2sc(C)c(C)c12. The number of hydrogen-bond donors (Lipinski definition) is 3. The molecule has 0 bridgehead atoms. The number of fused-ring (bicyclic) bond motifs is 1. The third-order valence-corrected chi connectivity index (χ3v) is 4.61. The van der Waals surface area contributed by atoms with Gasteiger partial charge in [0.2, 0.25) is 0 Å². The Kier molecular flexibility index (Phi) is 5.46. The van der Waals surface area contributed by atoms with Gasteiger partial charge in [0, 0.05) is 25.0 Å². The molecule has 2 aromatic rings. The number of aliphatic hydroxyl groups is 2. The van der Waals surface area contributed by atoms with Crippen LogP contribution < -0.4 is 5.32 Å². The van der Waals surface area contributed by atoms with Crippen molar-refractivity contribution >= 4 is 27.4 Å². The van der Waals surface area contributed by atoms with Gasteiger partial charge in [0.1, 0.15) is 16.5 Å². The van der Waals surface area contributed by atoms with E-state index in [0.717, 1.165) is 16.0 Å². The van der Waals surface area contributed by atoms with Gasteiger partial charge in [0.25, 0.3) is 0 Å². The second kappa shape index (κ2) is 7.13. The van der Waals surface area contributed by atoms with Crippen molar-refractivity contribution < 1.29 is 10.2 Å². The van der Waals surface area contributed by atoms with E-state index >= 15 is 0 Å². The molecule has 0 radical (unpaired) electrons. The van der Waals surface area contributed by atoms with Gasteiger partial charge < -0.3 is 15.5 Å². The summed E-state index contributed by atoms with van der Waals surface area (Å²) in [5.41, 5.74) is 1.22. The first-order chi connectivity index (χ1) is 10.1. The molecule has 0 aliphatic rings. The molecule has 0 saturated heterocycles. The summed E-state index contributed by atoms with van der Waals surface area (Å²) in [5, 5.41) is 22.4. The van der Waals surface area contributed by atoms with Gasteiger partial charge >= 0.3 is 0 Å². The molecule has 0 spiro atoms. The third kappa shape index (κ3) is 3.49. The van der Waals surface area contributed by atoms with Crippen LogP contribution in [-0.2, 0) is 6.54 Å². The predicted octanol–water partition coefficient (Wildman–Crippen LogP) is 1.14. The van der Waals surface area contributed by atoms with Crippen molar-refractivity contribution in [1.29, 1.82) is 0 Å². The lowest BCUT2D eigenvalue weighted by molar-refractivity contribution is 0.153. The molecule has 6 nitrogen and oxygen atoms in total. The first-order valence-corrected chi connectivity index (χ1v) is 7.80. The zero-order valence-electron chi connectivity index (χ0n) is 12.7. The summed E-state index contributed by atoms with van der Waals surface area (Å²) in [6, 6.07) is 0. The molecular weight excluding hydrogens is 288 g/mol. The topological polar surface area (TPSA) is 81.5 Å². The van der Waals surface area contributed by atoms with E-state index in [0.29, 0.717) is 25.5 Å². The summed E-state index contributed by atoms with van der Waals surface area (Å²) in [4.78, 5) is 13.4. The molecule has 0 amide bonds. The number of nitrogens with one attached hydrogen (secondary N) is 1. The number of aryl methyl sites for hydroxylation is 2. The van der Waals surface area contributed by atoms with Crippen molar-refractivity contribution in [1.82, 2.24) is 14.9 Å². The molecule has 0 fully saturated rings. The maximum atomic E-state index is 9.08. The summed E-state index contributed by atoms with van der Waals surface area (Å²) in [6.45, 7) is 5.80. The number of rotatable bonds is 7. The number of nitrogens with zero attached hydrogens (tertiary/aromatic N) is 3.